The van der Waals surface area contributed by atoms with Crippen molar-refractivity contribution in [1.29, 1.82) is 0 Å². The number of halogens is 4. The summed E-state index contributed by atoms with van der Waals surface area (Å²) in [6.07, 6.45) is -2.63. The summed E-state index contributed by atoms with van der Waals surface area (Å²) in [5.74, 6) is -2.70. The molecule has 2 fully saturated rings. The summed E-state index contributed by atoms with van der Waals surface area (Å²) in [5.41, 5.74) is 7.89. The van der Waals surface area contributed by atoms with E-state index in [0.717, 1.165) is 0 Å². The minimum atomic E-state index is -3.06. The second-order valence-corrected chi connectivity index (χ2v) is 9.03. The fourth-order valence-electron chi connectivity index (χ4n) is 4.68. The summed E-state index contributed by atoms with van der Waals surface area (Å²) in [5, 5.41) is 2.79. The number of nitrogens with zero attached hydrogens (tertiary/aromatic N) is 7. The van der Waals surface area contributed by atoms with E-state index >= 15 is 0 Å². The smallest absolute Gasteiger partial charge is 0.283 e. The number of aromatic amines is 1. The monoisotopic (exact) mass is 506 g/mol. The van der Waals surface area contributed by atoms with Crippen molar-refractivity contribution in [2.45, 2.75) is 37.9 Å². The van der Waals surface area contributed by atoms with Crippen molar-refractivity contribution in [1.82, 2.24) is 34.0 Å². The van der Waals surface area contributed by atoms with Gasteiger partial charge in [-0.1, -0.05) is 0 Å². The fraction of sp³-hybridized carbons (Fsp3) is 0.455. The average molecular weight is 506 g/mol. The number of anilines is 1. The van der Waals surface area contributed by atoms with Gasteiger partial charge in [-0.2, -0.15) is 4.98 Å². The van der Waals surface area contributed by atoms with E-state index in [2.05, 4.69) is 25.0 Å². The highest BCUT2D eigenvalue weighted by Crippen LogP contribution is 2.32. The Morgan fingerprint density at radius 3 is 2.81 bits per heavy atom. The van der Waals surface area contributed by atoms with Crippen molar-refractivity contribution in [2.75, 3.05) is 32.0 Å². The molecular weight excluding hydrogens is 482 g/mol. The number of H-pyrrole nitrogens is 1. The Hall–Kier alpha value is -3.52. The van der Waals surface area contributed by atoms with Gasteiger partial charge in [0.15, 0.2) is 11.5 Å². The molecule has 1 atom stereocenters. The van der Waals surface area contributed by atoms with Gasteiger partial charge in [-0.3, -0.25) is 14.5 Å². The number of hydrogen-bond acceptors (Lipinski definition) is 7. The van der Waals surface area contributed by atoms with Crippen LogP contribution in [0.25, 0.3) is 27.9 Å². The maximum absolute atomic E-state index is 14.7. The van der Waals surface area contributed by atoms with Crippen LogP contribution < -0.4 is 11.4 Å². The van der Waals surface area contributed by atoms with E-state index in [1.165, 1.54) is 15.1 Å². The summed E-state index contributed by atoms with van der Waals surface area (Å²) >= 11 is 0. The lowest BCUT2D eigenvalue weighted by Crippen LogP contribution is -2.48. The van der Waals surface area contributed by atoms with Crippen LogP contribution in [0.4, 0.5) is 23.4 Å². The van der Waals surface area contributed by atoms with Crippen LogP contribution in [-0.2, 0) is 11.3 Å². The Morgan fingerprint density at radius 1 is 1.28 bits per heavy atom. The number of aromatic nitrogens is 6. The first-order valence-corrected chi connectivity index (χ1v) is 11.3. The molecule has 190 valence electrons. The first-order valence-electron chi connectivity index (χ1n) is 11.8. The lowest BCUT2D eigenvalue weighted by molar-refractivity contribution is -0.0713. The molecule has 0 unspecified atom stereocenters. The van der Waals surface area contributed by atoms with Crippen LogP contribution in [0.1, 0.15) is 7.20 Å². The summed E-state index contributed by atoms with van der Waals surface area (Å²) in [6.45, 7) is 1.53. The van der Waals surface area contributed by atoms with Gasteiger partial charge >= 0.3 is 0 Å². The van der Waals surface area contributed by atoms with Gasteiger partial charge in [0, 0.05) is 18.3 Å². The van der Waals surface area contributed by atoms with Crippen molar-refractivity contribution in [2.24, 2.45) is 4.99 Å². The summed E-state index contributed by atoms with van der Waals surface area (Å²) in [7, 11) is 0. The molecule has 0 saturated carbocycles. The average Bonchev–Trinajstić information content (AvgIpc) is 3.38. The molecule has 0 aromatic carbocycles. The lowest BCUT2D eigenvalue weighted by Gasteiger charge is -2.34. The first-order chi connectivity index (χ1) is 17.6. The molecule has 36 heavy (non-hydrogen) atoms. The van der Waals surface area contributed by atoms with Crippen LogP contribution in [-0.4, -0.2) is 84.8 Å². The van der Waals surface area contributed by atoms with Crippen LogP contribution in [0.3, 0.4) is 0 Å². The van der Waals surface area contributed by atoms with Gasteiger partial charge in [-0.25, -0.2) is 32.5 Å². The number of hydrogen-bond donors (Lipinski definition) is 2. The maximum Gasteiger partial charge on any atom is 0.283 e. The van der Waals surface area contributed by atoms with Crippen LogP contribution in [0, 0.1) is 6.92 Å². The standard InChI is InChI=1S/C22H23F4N9O/c1-11-28-15-3-2-14(29-20(15)34(11)7-17(23)24)13-4-5-35-18(13)19(27)31-21(32-35)30-16-6-33(10-22(16,25)26)12-8-36-9-12/h2-5,12,16-17H,6-10H2,1H3,(H3,27,30,31,32)/t16-/m1/s1/i5D. The number of alkyl halides is 4. The molecule has 3 N–H and O–H groups in total. The van der Waals surface area contributed by atoms with Gasteiger partial charge in [0.2, 0.25) is 5.62 Å². The molecule has 14 heteroatoms. The molecule has 0 aliphatic carbocycles. The van der Waals surface area contributed by atoms with Crippen LogP contribution in [0.2, 0.25) is 0 Å². The van der Waals surface area contributed by atoms with E-state index in [1.54, 1.807) is 24.0 Å². The Balaban J connectivity index is 1.41. The molecule has 0 spiro atoms. The number of fused-ring (bicyclic) bond motifs is 2. The Morgan fingerprint density at radius 2 is 2.08 bits per heavy atom. The third-order valence-corrected chi connectivity index (χ3v) is 6.60. The maximum atomic E-state index is 14.7. The molecule has 4 aromatic rings. The van der Waals surface area contributed by atoms with Crippen LogP contribution >= 0.6 is 0 Å². The van der Waals surface area contributed by atoms with Gasteiger partial charge in [-0.05, 0) is 25.1 Å². The third kappa shape index (κ3) is 3.80. The number of nitrogens with two attached hydrogens (primary N) is 1. The molecule has 6 rings (SSSR count). The SMILES string of the molecule is [2H]c1cc(-c2ccc3nc(C)n(CC(F)F)c3n2)c2c(N)nc(=N[C@@H]3CN(C4COC4)CC3(F)F)[nH]n12. The molecule has 6 heterocycles. The molecule has 0 bridgehead atoms. The summed E-state index contributed by atoms with van der Waals surface area (Å²) in [6, 6.07) is 3.39. The quantitative estimate of drug-likeness (QED) is 0.400. The molecule has 4 aromatic heterocycles. The normalized spacial score (nSPS) is 21.7. The highest BCUT2D eigenvalue weighted by Gasteiger charge is 2.51. The van der Waals surface area contributed by atoms with E-state index in [1.807, 2.05) is 0 Å². The molecule has 10 nitrogen and oxygen atoms in total. The zero-order valence-electron chi connectivity index (χ0n) is 20.1. The number of rotatable bonds is 5. The predicted octanol–water partition coefficient (Wildman–Crippen LogP) is 1.85. The zero-order valence-corrected chi connectivity index (χ0v) is 19.1. The number of ether oxygens (including phenoxy) is 1. The number of nitrogens with one attached hydrogen (secondary N) is 1. The third-order valence-electron chi connectivity index (χ3n) is 6.60. The van der Waals surface area contributed by atoms with E-state index in [9.17, 15) is 17.6 Å². The van der Waals surface area contributed by atoms with Gasteiger partial charge < -0.3 is 15.0 Å². The van der Waals surface area contributed by atoms with Crippen molar-refractivity contribution < 1.29 is 23.7 Å². The highest BCUT2D eigenvalue weighted by molar-refractivity contribution is 5.88. The van der Waals surface area contributed by atoms with Crippen molar-refractivity contribution >= 4 is 22.5 Å². The van der Waals surface area contributed by atoms with E-state index in [4.69, 9.17) is 11.8 Å². The molecule has 0 radical (unpaired) electrons. The molecule has 0 amide bonds. The van der Waals surface area contributed by atoms with Crippen molar-refractivity contribution in [3.8, 4) is 11.3 Å². The van der Waals surface area contributed by atoms with E-state index in [0.29, 0.717) is 41.3 Å². The number of pyridine rings is 1. The van der Waals surface area contributed by atoms with Gasteiger partial charge in [0.05, 0.1) is 39.4 Å². The molecule has 2 saturated heterocycles. The first kappa shape index (κ1) is 21.7. The van der Waals surface area contributed by atoms with Gasteiger partial charge in [0.25, 0.3) is 12.3 Å². The molecule has 2 aliphatic heterocycles. The van der Waals surface area contributed by atoms with Crippen molar-refractivity contribution in [3.05, 3.63) is 35.8 Å². The van der Waals surface area contributed by atoms with E-state index in [-0.39, 0.29) is 35.8 Å². The number of nitrogen functional groups attached to an aromatic ring is 1. The zero-order chi connectivity index (χ0) is 26.1. The Bertz CT molecular complexity index is 1580. The number of imidazole rings is 1. The minimum Gasteiger partial charge on any atom is -0.382 e. The van der Waals surface area contributed by atoms with E-state index < -0.39 is 31.5 Å². The van der Waals surface area contributed by atoms with Crippen molar-refractivity contribution in [3.63, 3.8) is 0 Å². The summed E-state index contributed by atoms with van der Waals surface area (Å²) < 4.78 is 71.7. The highest BCUT2D eigenvalue weighted by atomic mass is 19.3. The fourth-order valence-corrected chi connectivity index (χ4v) is 4.68. The number of likely N-dealkylation sites (tertiary alicyclic amines) is 1. The number of aryl methyl sites for hydroxylation is 1. The van der Waals surface area contributed by atoms with Crippen LogP contribution in [0.15, 0.2) is 29.4 Å². The van der Waals surface area contributed by atoms with Crippen LogP contribution in [0.5, 0.6) is 0 Å². The second kappa shape index (κ2) is 8.27. The topological polar surface area (TPSA) is 115 Å². The van der Waals surface area contributed by atoms with Gasteiger partial charge in [-0.15, -0.1) is 0 Å². The van der Waals surface area contributed by atoms with Gasteiger partial charge in [0.1, 0.15) is 22.9 Å². The largest absolute Gasteiger partial charge is 0.382 e. The predicted molar refractivity (Wildman–Crippen MR) is 122 cm³/mol. The second-order valence-electron chi connectivity index (χ2n) is 9.03. The summed E-state index contributed by atoms with van der Waals surface area (Å²) in [4.78, 5) is 18.8. The minimum absolute atomic E-state index is 0.0406. The molecular formula is C22H23F4N9O. The Labute approximate surface area is 202 Å². The molecule has 2 aliphatic rings. The lowest BCUT2D eigenvalue weighted by atomic mass is 10.2. The Kier molecular flexibility index (Phi) is 4.99.